The molecule has 0 aliphatic carbocycles. The van der Waals surface area contributed by atoms with Crippen molar-refractivity contribution in [3.05, 3.63) is 64.1 Å². The molecule has 2 rings (SSSR count). The molecule has 0 unspecified atom stereocenters. The number of aromatic nitrogens is 1. The number of amides is 1. The Balaban J connectivity index is 2.21. The predicted octanol–water partition coefficient (Wildman–Crippen LogP) is 1.12. The fourth-order valence-electron chi connectivity index (χ4n) is 1.55. The first kappa shape index (κ1) is 12.1. The SMILES string of the molecule is O=C(Nc1cccc(CO)c1)c1ccc[nH]c1=O. The molecular weight excluding hydrogens is 232 g/mol. The first-order valence-electron chi connectivity index (χ1n) is 5.39. The van der Waals surface area contributed by atoms with Gasteiger partial charge < -0.3 is 15.4 Å². The van der Waals surface area contributed by atoms with Crippen LogP contribution in [0.1, 0.15) is 15.9 Å². The highest BCUT2D eigenvalue weighted by atomic mass is 16.3. The minimum atomic E-state index is -0.480. The molecule has 0 aliphatic heterocycles. The van der Waals surface area contributed by atoms with Crippen LogP contribution in [0.25, 0.3) is 0 Å². The Morgan fingerprint density at radius 3 is 2.83 bits per heavy atom. The van der Waals surface area contributed by atoms with Crippen LogP contribution in [-0.4, -0.2) is 16.0 Å². The van der Waals surface area contributed by atoms with E-state index in [9.17, 15) is 9.59 Å². The Labute approximate surface area is 103 Å². The molecule has 0 spiro atoms. The summed E-state index contributed by atoms with van der Waals surface area (Å²) >= 11 is 0. The second-order valence-corrected chi connectivity index (χ2v) is 3.73. The third-order valence-electron chi connectivity index (χ3n) is 2.43. The largest absolute Gasteiger partial charge is 0.392 e. The van der Waals surface area contributed by atoms with E-state index in [1.54, 1.807) is 30.3 Å². The monoisotopic (exact) mass is 244 g/mol. The van der Waals surface area contributed by atoms with Gasteiger partial charge in [-0.05, 0) is 29.8 Å². The van der Waals surface area contributed by atoms with Gasteiger partial charge in [0.2, 0.25) is 0 Å². The standard InChI is InChI=1S/C13H12N2O3/c16-8-9-3-1-4-10(7-9)15-13(18)11-5-2-6-14-12(11)17/h1-7,16H,8H2,(H,14,17)(H,15,18). The molecule has 0 atom stereocenters. The molecule has 0 saturated carbocycles. The van der Waals surface area contributed by atoms with E-state index in [4.69, 9.17) is 5.11 Å². The Morgan fingerprint density at radius 1 is 1.28 bits per heavy atom. The lowest BCUT2D eigenvalue weighted by molar-refractivity contribution is 0.102. The van der Waals surface area contributed by atoms with Crippen LogP contribution in [0.15, 0.2) is 47.4 Å². The van der Waals surface area contributed by atoms with Gasteiger partial charge in [-0.1, -0.05) is 12.1 Å². The van der Waals surface area contributed by atoms with Gasteiger partial charge in [0.05, 0.1) is 6.61 Å². The summed E-state index contributed by atoms with van der Waals surface area (Å²) in [5.74, 6) is -0.480. The zero-order chi connectivity index (χ0) is 13.0. The van der Waals surface area contributed by atoms with Gasteiger partial charge in [-0.15, -0.1) is 0 Å². The maximum Gasteiger partial charge on any atom is 0.261 e. The van der Waals surface area contributed by atoms with Crippen molar-refractivity contribution >= 4 is 11.6 Å². The van der Waals surface area contributed by atoms with Gasteiger partial charge >= 0.3 is 0 Å². The second kappa shape index (κ2) is 5.29. The summed E-state index contributed by atoms with van der Waals surface area (Å²) in [5.41, 5.74) is 0.838. The number of benzene rings is 1. The van der Waals surface area contributed by atoms with Gasteiger partial charge in [0.25, 0.3) is 11.5 Å². The summed E-state index contributed by atoms with van der Waals surface area (Å²) < 4.78 is 0. The number of anilines is 1. The van der Waals surface area contributed by atoms with E-state index >= 15 is 0 Å². The molecule has 1 aromatic carbocycles. The lowest BCUT2D eigenvalue weighted by Gasteiger charge is -2.05. The van der Waals surface area contributed by atoms with Crippen LogP contribution in [0.3, 0.4) is 0 Å². The normalized spacial score (nSPS) is 10.1. The Morgan fingerprint density at radius 2 is 2.11 bits per heavy atom. The number of aromatic amines is 1. The lowest BCUT2D eigenvalue weighted by Crippen LogP contribution is -2.22. The summed E-state index contributed by atoms with van der Waals surface area (Å²) in [7, 11) is 0. The van der Waals surface area contributed by atoms with Crippen LogP contribution >= 0.6 is 0 Å². The highest BCUT2D eigenvalue weighted by molar-refractivity contribution is 6.03. The van der Waals surface area contributed by atoms with Gasteiger partial charge in [-0.2, -0.15) is 0 Å². The average Bonchev–Trinajstić information content (AvgIpc) is 2.39. The van der Waals surface area contributed by atoms with E-state index in [-0.39, 0.29) is 12.2 Å². The van der Waals surface area contributed by atoms with Gasteiger partial charge in [0.15, 0.2) is 0 Å². The van der Waals surface area contributed by atoms with E-state index in [2.05, 4.69) is 10.3 Å². The Hall–Kier alpha value is -2.40. The summed E-state index contributed by atoms with van der Waals surface area (Å²) in [4.78, 5) is 25.7. The molecule has 5 nitrogen and oxygen atoms in total. The van der Waals surface area contributed by atoms with Gasteiger partial charge in [0, 0.05) is 11.9 Å². The number of hydrogen-bond donors (Lipinski definition) is 3. The van der Waals surface area contributed by atoms with Crippen LogP contribution in [0, 0.1) is 0 Å². The number of H-pyrrole nitrogens is 1. The van der Waals surface area contributed by atoms with Crippen molar-refractivity contribution in [1.82, 2.24) is 4.98 Å². The van der Waals surface area contributed by atoms with Crippen LogP contribution in [-0.2, 0) is 6.61 Å². The molecule has 1 amide bonds. The highest BCUT2D eigenvalue weighted by Crippen LogP contribution is 2.11. The van der Waals surface area contributed by atoms with Gasteiger partial charge in [-0.25, -0.2) is 0 Å². The van der Waals surface area contributed by atoms with E-state index < -0.39 is 11.5 Å². The number of pyridine rings is 1. The number of carbonyl (C=O) groups is 1. The summed E-state index contributed by atoms with van der Waals surface area (Å²) in [6, 6.07) is 9.83. The second-order valence-electron chi connectivity index (χ2n) is 3.73. The van der Waals surface area contributed by atoms with Crippen LogP contribution in [0.5, 0.6) is 0 Å². The molecule has 0 fully saturated rings. The molecule has 2 aromatic rings. The fraction of sp³-hybridized carbons (Fsp3) is 0.0769. The molecule has 1 heterocycles. The van der Waals surface area contributed by atoms with Crippen molar-refractivity contribution in [2.75, 3.05) is 5.32 Å². The average molecular weight is 244 g/mol. The molecule has 92 valence electrons. The predicted molar refractivity (Wildman–Crippen MR) is 67.4 cm³/mol. The zero-order valence-corrected chi connectivity index (χ0v) is 9.51. The number of rotatable bonds is 3. The molecular formula is C13H12N2O3. The topological polar surface area (TPSA) is 82.2 Å². The third-order valence-corrected chi connectivity index (χ3v) is 2.43. The highest BCUT2D eigenvalue weighted by Gasteiger charge is 2.09. The fourth-order valence-corrected chi connectivity index (χ4v) is 1.55. The van der Waals surface area contributed by atoms with E-state index in [1.165, 1.54) is 12.3 Å². The number of aliphatic hydroxyl groups is 1. The molecule has 3 N–H and O–H groups in total. The number of carbonyl (C=O) groups excluding carboxylic acids is 1. The maximum atomic E-state index is 11.8. The van der Waals surface area contributed by atoms with Crippen molar-refractivity contribution in [3.63, 3.8) is 0 Å². The van der Waals surface area contributed by atoms with Crippen LogP contribution in [0.4, 0.5) is 5.69 Å². The van der Waals surface area contributed by atoms with Crippen molar-refractivity contribution in [2.45, 2.75) is 6.61 Å². The summed E-state index contributed by atoms with van der Waals surface area (Å²) in [6.45, 7) is -0.102. The van der Waals surface area contributed by atoms with Crippen molar-refractivity contribution in [2.24, 2.45) is 0 Å². The van der Waals surface area contributed by atoms with Crippen molar-refractivity contribution in [1.29, 1.82) is 0 Å². The molecule has 1 aromatic heterocycles. The van der Waals surface area contributed by atoms with E-state index in [0.717, 1.165) is 0 Å². The van der Waals surface area contributed by atoms with E-state index in [0.29, 0.717) is 11.3 Å². The molecule has 0 bridgehead atoms. The first-order chi connectivity index (χ1) is 8.70. The number of aliphatic hydroxyl groups excluding tert-OH is 1. The van der Waals surface area contributed by atoms with Gasteiger partial charge in [-0.3, -0.25) is 9.59 Å². The summed E-state index contributed by atoms with van der Waals surface area (Å²) in [5, 5.41) is 11.6. The smallest absolute Gasteiger partial charge is 0.261 e. The molecule has 0 radical (unpaired) electrons. The number of nitrogens with one attached hydrogen (secondary N) is 2. The van der Waals surface area contributed by atoms with Crippen molar-refractivity contribution < 1.29 is 9.90 Å². The van der Waals surface area contributed by atoms with Crippen molar-refractivity contribution in [3.8, 4) is 0 Å². The molecule has 0 aliphatic rings. The lowest BCUT2D eigenvalue weighted by atomic mass is 10.2. The Bertz CT molecular complexity index is 619. The van der Waals surface area contributed by atoms with Crippen LogP contribution in [0.2, 0.25) is 0 Å². The molecule has 5 heteroatoms. The quantitative estimate of drug-likeness (QED) is 0.756. The molecule has 18 heavy (non-hydrogen) atoms. The third kappa shape index (κ3) is 2.64. The minimum Gasteiger partial charge on any atom is -0.392 e. The van der Waals surface area contributed by atoms with Crippen LogP contribution < -0.4 is 10.9 Å². The molecule has 0 saturated heterocycles. The zero-order valence-electron chi connectivity index (χ0n) is 9.51. The summed E-state index contributed by atoms with van der Waals surface area (Å²) in [6.07, 6.45) is 1.46. The minimum absolute atomic E-state index is 0.0481. The Kier molecular flexibility index (Phi) is 3.54. The van der Waals surface area contributed by atoms with E-state index in [1.807, 2.05) is 0 Å². The first-order valence-corrected chi connectivity index (χ1v) is 5.39. The number of hydrogen-bond acceptors (Lipinski definition) is 3. The maximum absolute atomic E-state index is 11.8. The van der Waals surface area contributed by atoms with Gasteiger partial charge in [0.1, 0.15) is 5.56 Å².